The third-order valence-electron chi connectivity index (χ3n) is 5.38. The molecule has 1 aromatic heterocycles. The van der Waals surface area contributed by atoms with E-state index in [1.165, 1.54) is 57.8 Å². The second-order valence-corrected chi connectivity index (χ2v) is 7.52. The maximum absolute atomic E-state index is 13.1. The van der Waals surface area contributed by atoms with Crippen molar-refractivity contribution in [2.24, 2.45) is 5.92 Å². The highest BCUT2D eigenvalue weighted by molar-refractivity contribution is 5.89. The van der Waals surface area contributed by atoms with Crippen LogP contribution in [-0.4, -0.2) is 46.6 Å². The highest BCUT2D eigenvalue weighted by Crippen LogP contribution is 2.26. The molecule has 0 unspecified atom stereocenters. The minimum Gasteiger partial charge on any atom is -0.476 e. The van der Waals surface area contributed by atoms with Crippen LogP contribution in [0.1, 0.15) is 50.5 Å². The number of anilines is 1. The Kier molecular flexibility index (Phi) is 6.61. The highest BCUT2D eigenvalue weighted by Gasteiger charge is 2.23. The summed E-state index contributed by atoms with van der Waals surface area (Å²) in [5, 5.41) is 12.0. The summed E-state index contributed by atoms with van der Waals surface area (Å²) in [6.45, 7) is 3.43. The van der Waals surface area contributed by atoms with Crippen LogP contribution in [-0.2, 0) is 4.79 Å². The van der Waals surface area contributed by atoms with Crippen LogP contribution in [0.25, 0.3) is 6.08 Å². The van der Waals surface area contributed by atoms with E-state index in [0.717, 1.165) is 30.8 Å². The molecule has 1 atom stereocenters. The zero-order valence-corrected chi connectivity index (χ0v) is 15.2. The molecule has 1 saturated heterocycles. The Balaban J connectivity index is 1.51. The van der Waals surface area contributed by atoms with Gasteiger partial charge in [0, 0.05) is 25.3 Å². The van der Waals surface area contributed by atoms with Crippen molar-refractivity contribution in [3.8, 4) is 0 Å². The minimum absolute atomic E-state index is 0.372. The van der Waals surface area contributed by atoms with E-state index < -0.39 is 11.8 Å². The van der Waals surface area contributed by atoms with E-state index in [1.54, 1.807) is 12.1 Å². The van der Waals surface area contributed by atoms with Gasteiger partial charge in [-0.3, -0.25) is 0 Å². The number of aliphatic carboxylic acids is 1. The van der Waals surface area contributed by atoms with Crippen molar-refractivity contribution < 1.29 is 14.3 Å². The van der Waals surface area contributed by atoms with E-state index in [-0.39, 0.29) is 0 Å². The molecule has 2 fully saturated rings. The Labute approximate surface area is 154 Å². The predicted octanol–water partition coefficient (Wildman–Crippen LogP) is 3.93. The van der Waals surface area contributed by atoms with Crippen LogP contribution in [0.5, 0.6) is 0 Å². The summed E-state index contributed by atoms with van der Waals surface area (Å²) >= 11 is 0. The first kappa shape index (κ1) is 18.8. The third kappa shape index (κ3) is 5.53. The molecule has 0 radical (unpaired) electrons. The molecule has 6 heteroatoms. The molecule has 2 N–H and O–H groups in total. The lowest BCUT2D eigenvalue weighted by molar-refractivity contribution is -0.134. The quantitative estimate of drug-likeness (QED) is 0.752. The number of rotatable bonds is 6. The van der Waals surface area contributed by atoms with Gasteiger partial charge in [0.15, 0.2) is 0 Å². The number of likely N-dealkylation sites (tertiary alicyclic amines) is 1. The molecule has 0 amide bonds. The van der Waals surface area contributed by atoms with Crippen LogP contribution in [0, 0.1) is 5.92 Å². The normalized spacial score (nSPS) is 23.0. The summed E-state index contributed by atoms with van der Waals surface area (Å²) in [6.07, 6.45) is 11.7. The van der Waals surface area contributed by atoms with E-state index in [1.807, 2.05) is 0 Å². The van der Waals surface area contributed by atoms with Crippen molar-refractivity contribution in [3.63, 3.8) is 0 Å². The first-order chi connectivity index (χ1) is 12.6. The molecule has 142 valence electrons. The van der Waals surface area contributed by atoms with Crippen molar-refractivity contribution in [1.29, 1.82) is 0 Å². The van der Waals surface area contributed by atoms with Crippen LogP contribution in [0.2, 0.25) is 0 Å². The first-order valence-electron chi connectivity index (χ1n) is 9.65. The first-order valence-corrected chi connectivity index (χ1v) is 9.65. The van der Waals surface area contributed by atoms with Gasteiger partial charge in [-0.05, 0) is 61.9 Å². The Morgan fingerprint density at radius 2 is 2.08 bits per heavy atom. The van der Waals surface area contributed by atoms with Crippen LogP contribution < -0.4 is 5.32 Å². The van der Waals surface area contributed by atoms with Gasteiger partial charge < -0.3 is 15.3 Å². The number of aromatic nitrogens is 1. The molecule has 0 aromatic carbocycles. The fourth-order valence-electron chi connectivity index (χ4n) is 4.07. The molecule has 1 aliphatic carbocycles. The lowest BCUT2D eigenvalue weighted by Crippen LogP contribution is -2.44. The van der Waals surface area contributed by atoms with Crippen LogP contribution in [0.15, 0.2) is 24.2 Å². The number of carboxylic acids is 1. The maximum atomic E-state index is 13.1. The van der Waals surface area contributed by atoms with Gasteiger partial charge >= 0.3 is 5.97 Å². The summed E-state index contributed by atoms with van der Waals surface area (Å²) in [6, 6.07) is 3.83. The molecule has 0 spiro atoms. The Bertz CT molecular complexity index is 626. The highest BCUT2D eigenvalue weighted by atomic mass is 19.1. The second kappa shape index (κ2) is 9.12. The molecule has 26 heavy (non-hydrogen) atoms. The van der Waals surface area contributed by atoms with Gasteiger partial charge in [-0.25, -0.2) is 9.78 Å². The van der Waals surface area contributed by atoms with Gasteiger partial charge in [-0.2, -0.15) is 4.39 Å². The zero-order valence-electron chi connectivity index (χ0n) is 15.2. The van der Waals surface area contributed by atoms with Crippen LogP contribution >= 0.6 is 0 Å². The molecular formula is C20H28FN3O2. The summed E-state index contributed by atoms with van der Waals surface area (Å²) in [7, 11) is 0. The molecule has 1 saturated carbocycles. The average molecular weight is 361 g/mol. The molecular weight excluding hydrogens is 333 g/mol. The number of carbonyl (C=O) groups is 1. The summed E-state index contributed by atoms with van der Waals surface area (Å²) in [5.41, 5.74) is 0.443. The van der Waals surface area contributed by atoms with Gasteiger partial charge in [0.1, 0.15) is 5.82 Å². The SMILES string of the molecule is O=C(O)C(F)=Cc1ccc(N[C@@H]2CCCN(CC3CCCCC3)C2)nc1. The Morgan fingerprint density at radius 3 is 2.77 bits per heavy atom. The van der Waals surface area contributed by atoms with Crippen molar-refractivity contribution in [3.05, 3.63) is 29.7 Å². The van der Waals surface area contributed by atoms with Crippen LogP contribution in [0.4, 0.5) is 10.2 Å². The standard InChI is InChI=1S/C20H28FN3O2/c21-18(20(25)26)11-16-8-9-19(22-12-16)23-17-7-4-10-24(14-17)13-15-5-2-1-3-6-15/h8-9,11-12,15,17H,1-7,10,13-14H2,(H,22,23)(H,25,26)/t17-/m1/s1. The Hall–Kier alpha value is -1.95. The van der Waals surface area contributed by atoms with E-state index in [4.69, 9.17) is 5.11 Å². The van der Waals surface area contributed by atoms with Gasteiger partial charge in [0.25, 0.3) is 0 Å². The number of hydrogen-bond donors (Lipinski definition) is 2. The fraction of sp³-hybridized carbons (Fsp3) is 0.600. The number of nitrogens with one attached hydrogen (secondary N) is 1. The minimum atomic E-state index is -1.56. The van der Waals surface area contributed by atoms with E-state index in [0.29, 0.717) is 11.6 Å². The maximum Gasteiger partial charge on any atom is 0.364 e. The summed E-state index contributed by atoms with van der Waals surface area (Å²) in [4.78, 5) is 17.4. The monoisotopic (exact) mass is 361 g/mol. The second-order valence-electron chi connectivity index (χ2n) is 7.52. The number of hydrogen-bond acceptors (Lipinski definition) is 4. The zero-order chi connectivity index (χ0) is 18.4. The summed E-state index contributed by atoms with van der Waals surface area (Å²) < 4.78 is 13.1. The lowest BCUT2D eigenvalue weighted by Gasteiger charge is -2.36. The molecule has 5 nitrogen and oxygen atoms in total. The molecule has 1 aliphatic heterocycles. The van der Waals surface area contributed by atoms with E-state index in [2.05, 4.69) is 15.2 Å². The van der Waals surface area contributed by atoms with Gasteiger partial charge in [-0.15, -0.1) is 0 Å². The number of nitrogens with zero attached hydrogens (tertiary/aromatic N) is 2. The average Bonchev–Trinajstić information content (AvgIpc) is 2.64. The molecule has 2 aliphatic rings. The third-order valence-corrected chi connectivity index (χ3v) is 5.38. The van der Waals surface area contributed by atoms with E-state index in [9.17, 15) is 9.18 Å². The van der Waals surface area contributed by atoms with Crippen molar-refractivity contribution in [2.75, 3.05) is 25.0 Å². The number of piperidine rings is 1. The molecule has 1 aromatic rings. The number of carboxylic acid groups (broad SMARTS) is 1. The number of halogens is 1. The largest absolute Gasteiger partial charge is 0.476 e. The van der Waals surface area contributed by atoms with Crippen LogP contribution in [0.3, 0.4) is 0 Å². The Morgan fingerprint density at radius 1 is 1.27 bits per heavy atom. The van der Waals surface area contributed by atoms with E-state index >= 15 is 0 Å². The van der Waals surface area contributed by atoms with Crippen molar-refractivity contribution in [1.82, 2.24) is 9.88 Å². The predicted molar refractivity (Wildman–Crippen MR) is 101 cm³/mol. The van der Waals surface area contributed by atoms with Crippen molar-refractivity contribution >= 4 is 17.9 Å². The van der Waals surface area contributed by atoms with Gasteiger partial charge in [0.05, 0.1) is 0 Å². The number of pyridine rings is 1. The molecule has 2 heterocycles. The fourth-order valence-corrected chi connectivity index (χ4v) is 4.07. The molecule has 0 bridgehead atoms. The van der Waals surface area contributed by atoms with Gasteiger partial charge in [0.2, 0.25) is 5.83 Å². The van der Waals surface area contributed by atoms with Crippen molar-refractivity contribution in [2.45, 2.75) is 51.0 Å². The summed E-state index contributed by atoms with van der Waals surface area (Å²) in [5.74, 6) is -1.14. The lowest BCUT2D eigenvalue weighted by atomic mass is 9.88. The smallest absolute Gasteiger partial charge is 0.364 e. The van der Waals surface area contributed by atoms with Gasteiger partial charge in [-0.1, -0.05) is 19.3 Å². The molecule has 3 rings (SSSR count). The topological polar surface area (TPSA) is 65.5 Å².